The summed E-state index contributed by atoms with van der Waals surface area (Å²) in [5, 5.41) is 9.43. The van der Waals surface area contributed by atoms with Crippen molar-refractivity contribution in [3.8, 4) is 0 Å². The summed E-state index contributed by atoms with van der Waals surface area (Å²) in [6.07, 6.45) is 3.38. The molecule has 0 aromatic heterocycles. The van der Waals surface area contributed by atoms with Crippen molar-refractivity contribution < 1.29 is 9.90 Å². The van der Waals surface area contributed by atoms with Gasteiger partial charge in [-0.05, 0) is 12.8 Å². The average Bonchev–Trinajstić information content (AvgIpc) is 2.01. The van der Waals surface area contributed by atoms with E-state index in [4.69, 9.17) is 0 Å². The zero-order valence-corrected chi connectivity index (χ0v) is 11.4. The van der Waals surface area contributed by atoms with Crippen LogP contribution in [0.15, 0.2) is 0 Å². The minimum Gasteiger partial charge on any atom is -0.480 e. The molecule has 0 saturated carbocycles. The molecule has 0 aromatic rings. The van der Waals surface area contributed by atoms with Crippen molar-refractivity contribution in [2.75, 3.05) is 0 Å². The number of aliphatic carboxylic acids is 1. The van der Waals surface area contributed by atoms with E-state index in [0.29, 0.717) is 0 Å². The third kappa shape index (κ3) is 4.92. The molecular weight excluding hydrogens is 208 g/mol. The van der Waals surface area contributed by atoms with E-state index in [1.165, 1.54) is 0 Å². The summed E-state index contributed by atoms with van der Waals surface area (Å²) in [7, 11) is 0. The molecule has 0 radical (unpaired) electrons. The molecule has 0 atom stereocenters. The predicted octanol–water partition coefficient (Wildman–Crippen LogP) is 3.94. The molecule has 0 amide bonds. The maximum Gasteiger partial charge on any atom is 0.319 e. The molecule has 0 aliphatic carbocycles. The Balaban J connectivity index is 4.86. The van der Waals surface area contributed by atoms with Crippen LogP contribution < -0.4 is 0 Å². The van der Waals surface area contributed by atoms with E-state index >= 15 is 0 Å². The zero-order valence-electron chi connectivity index (χ0n) is 10.6. The van der Waals surface area contributed by atoms with Gasteiger partial charge in [0.15, 0.2) is 0 Å². The normalized spacial score (nSPS) is 12.9. The van der Waals surface area contributed by atoms with Gasteiger partial charge in [-0.1, -0.05) is 47.5 Å². The highest BCUT2D eigenvalue weighted by Crippen LogP contribution is 2.43. The first-order valence-corrected chi connectivity index (χ1v) is 6.52. The lowest BCUT2D eigenvalue weighted by Crippen LogP contribution is -2.38. The quantitative estimate of drug-likeness (QED) is 0.753. The standard InChI is InChI=1S/C12H24O2S/c1-6-8-12(9-7-2,10(13)14)15-11(3,4)5/h6-9H2,1-5H3,(H,13,14). The summed E-state index contributed by atoms with van der Waals surface area (Å²) in [6, 6.07) is 0. The van der Waals surface area contributed by atoms with E-state index in [1.54, 1.807) is 11.8 Å². The van der Waals surface area contributed by atoms with Crippen molar-refractivity contribution >= 4 is 17.7 Å². The molecule has 0 unspecified atom stereocenters. The van der Waals surface area contributed by atoms with Crippen molar-refractivity contribution in [3.05, 3.63) is 0 Å². The Morgan fingerprint density at radius 1 is 1.13 bits per heavy atom. The van der Waals surface area contributed by atoms with Crippen molar-refractivity contribution in [1.82, 2.24) is 0 Å². The van der Waals surface area contributed by atoms with Gasteiger partial charge in [0, 0.05) is 4.75 Å². The summed E-state index contributed by atoms with van der Waals surface area (Å²) in [5.74, 6) is -0.647. The van der Waals surface area contributed by atoms with Crippen molar-refractivity contribution in [3.63, 3.8) is 0 Å². The Labute approximate surface area is 97.8 Å². The van der Waals surface area contributed by atoms with Crippen LogP contribution in [-0.4, -0.2) is 20.6 Å². The molecule has 0 rings (SSSR count). The van der Waals surface area contributed by atoms with E-state index in [1.807, 2.05) is 0 Å². The minimum absolute atomic E-state index is 0.00271. The lowest BCUT2D eigenvalue weighted by Gasteiger charge is -2.34. The van der Waals surface area contributed by atoms with Gasteiger partial charge < -0.3 is 5.11 Å². The van der Waals surface area contributed by atoms with Gasteiger partial charge in [0.05, 0.1) is 0 Å². The molecule has 0 heterocycles. The van der Waals surface area contributed by atoms with Crippen LogP contribution in [0, 0.1) is 0 Å². The third-order valence-electron chi connectivity index (χ3n) is 2.20. The molecule has 0 spiro atoms. The lowest BCUT2D eigenvalue weighted by molar-refractivity contribution is -0.140. The van der Waals surface area contributed by atoms with Crippen LogP contribution in [0.4, 0.5) is 0 Å². The summed E-state index contributed by atoms with van der Waals surface area (Å²) in [5.41, 5.74) is 0. The van der Waals surface area contributed by atoms with E-state index in [9.17, 15) is 9.90 Å². The van der Waals surface area contributed by atoms with E-state index < -0.39 is 10.7 Å². The smallest absolute Gasteiger partial charge is 0.319 e. The molecular formula is C12H24O2S. The van der Waals surface area contributed by atoms with Crippen LogP contribution in [0.5, 0.6) is 0 Å². The molecule has 3 heteroatoms. The summed E-state index contributed by atoms with van der Waals surface area (Å²) in [6.45, 7) is 10.4. The number of carboxylic acid groups (broad SMARTS) is 1. The van der Waals surface area contributed by atoms with Gasteiger partial charge in [-0.3, -0.25) is 4.79 Å². The number of hydrogen-bond acceptors (Lipinski definition) is 2. The molecule has 0 bridgehead atoms. The molecule has 0 aromatic carbocycles. The third-order valence-corrected chi connectivity index (χ3v) is 3.78. The van der Waals surface area contributed by atoms with Gasteiger partial charge in [0.1, 0.15) is 4.75 Å². The van der Waals surface area contributed by atoms with Crippen molar-refractivity contribution in [2.24, 2.45) is 0 Å². The molecule has 0 fully saturated rings. The fraction of sp³-hybridized carbons (Fsp3) is 0.917. The van der Waals surface area contributed by atoms with Gasteiger partial charge in [0.25, 0.3) is 0 Å². The van der Waals surface area contributed by atoms with Crippen LogP contribution in [0.25, 0.3) is 0 Å². The second kappa shape index (κ2) is 5.78. The highest BCUT2D eigenvalue weighted by atomic mass is 32.2. The van der Waals surface area contributed by atoms with E-state index in [2.05, 4.69) is 34.6 Å². The second-order valence-corrected chi connectivity index (χ2v) is 7.22. The highest BCUT2D eigenvalue weighted by molar-refractivity contribution is 8.02. The number of hydrogen-bond donors (Lipinski definition) is 1. The Bertz CT molecular complexity index is 200. The lowest BCUT2D eigenvalue weighted by atomic mass is 9.97. The molecule has 15 heavy (non-hydrogen) atoms. The molecule has 2 nitrogen and oxygen atoms in total. The van der Waals surface area contributed by atoms with Crippen LogP contribution >= 0.6 is 11.8 Å². The van der Waals surface area contributed by atoms with Gasteiger partial charge in [-0.15, -0.1) is 11.8 Å². The molecule has 0 aliphatic heterocycles. The monoisotopic (exact) mass is 232 g/mol. The Hall–Kier alpha value is -0.180. The van der Waals surface area contributed by atoms with E-state index in [-0.39, 0.29) is 4.75 Å². The SMILES string of the molecule is CCCC(CCC)(SC(C)(C)C)C(=O)O. The molecule has 90 valence electrons. The van der Waals surface area contributed by atoms with Gasteiger partial charge >= 0.3 is 5.97 Å². The summed E-state index contributed by atoms with van der Waals surface area (Å²) < 4.78 is -0.579. The van der Waals surface area contributed by atoms with E-state index in [0.717, 1.165) is 25.7 Å². The van der Waals surface area contributed by atoms with Crippen LogP contribution in [0.2, 0.25) is 0 Å². The highest BCUT2D eigenvalue weighted by Gasteiger charge is 2.40. The fourth-order valence-electron chi connectivity index (χ4n) is 1.88. The van der Waals surface area contributed by atoms with Crippen molar-refractivity contribution in [1.29, 1.82) is 0 Å². The molecule has 1 N–H and O–H groups in total. The summed E-state index contributed by atoms with van der Waals surface area (Å²) >= 11 is 1.61. The van der Waals surface area contributed by atoms with Gasteiger partial charge in [-0.2, -0.15) is 0 Å². The zero-order chi connectivity index (χ0) is 12.1. The largest absolute Gasteiger partial charge is 0.480 e. The molecule has 0 saturated heterocycles. The first-order chi connectivity index (χ1) is 6.77. The van der Waals surface area contributed by atoms with Crippen molar-refractivity contribution in [2.45, 2.75) is 69.8 Å². The fourth-order valence-corrected chi connectivity index (χ4v) is 3.75. The minimum atomic E-state index is -0.647. The number of carboxylic acids is 1. The Morgan fingerprint density at radius 2 is 1.53 bits per heavy atom. The first kappa shape index (κ1) is 14.8. The summed E-state index contributed by atoms with van der Waals surface area (Å²) in [4.78, 5) is 11.5. The number of rotatable bonds is 6. The van der Waals surface area contributed by atoms with Crippen LogP contribution in [0.1, 0.15) is 60.3 Å². The maximum atomic E-state index is 11.5. The van der Waals surface area contributed by atoms with Gasteiger partial charge in [0.2, 0.25) is 0 Å². The van der Waals surface area contributed by atoms with Crippen LogP contribution in [-0.2, 0) is 4.79 Å². The number of thioether (sulfide) groups is 1. The van der Waals surface area contributed by atoms with Gasteiger partial charge in [-0.25, -0.2) is 0 Å². The number of carbonyl (C=O) groups is 1. The average molecular weight is 232 g/mol. The first-order valence-electron chi connectivity index (χ1n) is 5.71. The predicted molar refractivity (Wildman–Crippen MR) is 67.5 cm³/mol. The topological polar surface area (TPSA) is 37.3 Å². The molecule has 0 aliphatic rings. The van der Waals surface area contributed by atoms with Crippen LogP contribution in [0.3, 0.4) is 0 Å². The maximum absolute atomic E-state index is 11.5. The Kier molecular flexibility index (Phi) is 5.71. The second-order valence-electron chi connectivity index (χ2n) is 5.01. The Morgan fingerprint density at radius 3 is 1.73 bits per heavy atom.